The number of hydrogen-bond donors (Lipinski definition) is 1. The predicted molar refractivity (Wildman–Crippen MR) is 94.1 cm³/mol. The first kappa shape index (κ1) is 15.8. The Labute approximate surface area is 143 Å². The number of furan rings is 1. The predicted octanol–water partition coefficient (Wildman–Crippen LogP) is 5.47. The van der Waals surface area contributed by atoms with E-state index in [0.29, 0.717) is 34.3 Å². The SMILES string of the molecule is CCCCc1oc2ccc(O)cc2c1C(=O)c1ccccc1Br. The topological polar surface area (TPSA) is 50.4 Å². The van der Waals surface area contributed by atoms with Crippen LogP contribution < -0.4 is 0 Å². The molecule has 0 aliphatic carbocycles. The fourth-order valence-electron chi connectivity index (χ4n) is 2.68. The number of phenolic OH excluding ortho intramolecular Hbond substituents is 1. The standard InChI is InChI=1S/C19H17BrO3/c1-2-3-8-17-18(14-11-12(21)9-10-16(14)23-17)19(22)13-6-4-5-7-15(13)20/h4-7,9-11,21H,2-3,8H2,1H3. The fraction of sp³-hybridized carbons (Fsp3) is 0.211. The van der Waals surface area contributed by atoms with Crippen molar-refractivity contribution >= 4 is 32.7 Å². The van der Waals surface area contributed by atoms with Gasteiger partial charge in [-0.1, -0.05) is 41.4 Å². The molecule has 0 amide bonds. The molecule has 0 bridgehead atoms. The molecular weight excluding hydrogens is 356 g/mol. The summed E-state index contributed by atoms with van der Waals surface area (Å²) in [6.45, 7) is 2.10. The summed E-state index contributed by atoms with van der Waals surface area (Å²) in [4.78, 5) is 13.1. The maximum atomic E-state index is 13.1. The van der Waals surface area contributed by atoms with Gasteiger partial charge in [-0.05, 0) is 36.8 Å². The van der Waals surface area contributed by atoms with Crippen LogP contribution in [0.1, 0.15) is 41.4 Å². The molecule has 23 heavy (non-hydrogen) atoms. The first-order chi connectivity index (χ1) is 11.1. The van der Waals surface area contributed by atoms with Crippen molar-refractivity contribution in [1.29, 1.82) is 0 Å². The number of fused-ring (bicyclic) bond motifs is 1. The Morgan fingerprint density at radius 3 is 2.74 bits per heavy atom. The van der Waals surface area contributed by atoms with Crippen LogP contribution in [0.5, 0.6) is 5.75 Å². The molecule has 1 N–H and O–H groups in total. The van der Waals surface area contributed by atoms with E-state index in [-0.39, 0.29) is 11.5 Å². The molecule has 3 aromatic rings. The Hall–Kier alpha value is -2.07. The van der Waals surface area contributed by atoms with Crippen LogP contribution in [0.3, 0.4) is 0 Å². The summed E-state index contributed by atoms with van der Waals surface area (Å²) in [7, 11) is 0. The minimum absolute atomic E-state index is 0.0899. The Morgan fingerprint density at radius 1 is 1.22 bits per heavy atom. The maximum absolute atomic E-state index is 13.1. The van der Waals surface area contributed by atoms with E-state index in [1.165, 1.54) is 0 Å². The molecular formula is C19H17BrO3. The van der Waals surface area contributed by atoms with Gasteiger partial charge in [-0.3, -0.25) is 4.79 Å². The summed E-state index contributed by atoms with van der Waals surface area (Å²) in [5.41, 5.74) is 1.77. The summed E-state index contributed by atoms with van der Waals surface area (Å²) < 4.78 is 6.64. The molecule has 0 saturated carbocycles. The van der Waals surface area contributed by atoms with Gasteiger partial charge in [0.15, 0.2) is 5.78 Å². The Morgan fingerprint density at radius 2 is 2.00 bits per heavy atom. The van der Waals surface area contributed by atoms with Crippen LogP contribution in [0.25, 0.3) is 11.0 Å². The zero-order valence-corrected chi connectivity index (χ0v) is 14.4. The smallest absolute Gasteiger partial charge is 0.198 e. The van der Waals surface area contributed by atoms with Crippen molar-refractivity contribution in [1.82, 2.24) is 0 Å². The minimum atomic E-state index is -0.0899. The van der Waals surface area contributed by atoms with Crippen LogP contribution in [0, 0.1) is 0 Å². The van der Waals surface area contributed by atoms with E-state index in [1.807, 2.05) is 18.2 Å². The van der Waals surface area contributed by atoms with Crippen LogP contribution >= 0.6 is 15.9 Å². The van der Waals surface area contributed by atoms with Gasteiger partial charge in [0.1, 0.15) is 17.1 Å². The van der Waals surface area contributed by atoms with E-state index in [9.17, 15) is 9.90 Å². The van der Waals surface area contributed by atoms with Crippen molar-refractivity contribution in [3.8, 4) is 5.75 Å². The molecule has 2 aromatic carbocycles. The monoisotopic (exact) mass is 372 g/mol. The zero-order valence-electron chi connectivity index (χ0n) is 12.8. The quantitative estimate of drug-likeness (QED) is 0.603. The number of halogens is 1. The van der Waals surface area contributed by atoms with E-state index in [1.54, 1.807) is 24.3 Å². The Bertz CT molecular complexity index is 864. The van der Waals surface area contributed by atoms with Gasteiger partial charge < -0.3 is 9.52 Å². The lowest BCUT2D eigenvalue weighted by Gasteiger charge is -2.05. The second-order valence-electron chi connectivity index (χ2n) is 5.49. The molecule has 4 heteroatoms. The number of carbonyl (C=O) groups is 1. The molecule has 0 spiro atoms. The van der Waals surface area contributed by atoms with Gasteiger partial charge in [0.05, 0.1) is 5.56 Å². The highest BCUT2D eigenvalue weighted by Gasteiger charge is 2.23. The van der Waals surface area contributed by atoms with Gasteiger partial charge in [-0.2, -0.15) is 0 Å². The van der Waals surface area contributed by atoms with E-state index < -0.39 is 0 Å². The van der Waals surface area contributed by atoms with Crippen LogP contribution in [0.2, 0.25) is 0 Å². The molecule has 0 aliphatic heterocycles. The molecule has 0 unspecified atom stereocenters. The van der Waals surface area contributed by atoms with Crippen molar-refractivity contribution in [2.75, 3.05) is 0 Å². The number of phenols is 1. The zero-order chi connectivity index (χ0) is 16.4. The Balaban J connectivity index is 2.19. The van der Waals surface area contributed by atoms with Crippen LogP contribution in [0.4, 0.5) is 0 Å². The van der Waals surface area contributed by atoms with Crippen molar-refractivity contribution < 1.29 is 14.3 Å². The number of carbonyl (C=O) groups excluding carboxylic acids is 1. The van der Waals surface area contributed by atoms with Crippen molar-refractivity contribution in [3.63, 3.8) is 0 Å². The lowest BCUT2D eigenvalue weighted by molar-refractivity contribution is 0.103. The molecule has 0 saturated heterocycles. The van der Waals surface area contributed by atoms with Gasteiger partial charge >= 0.3 is 0 Å². The van der Waals surface area contributed by atoms with Crippen molar-refractivity contribution in [3.05, 3.63) is 63.8 Å². The summed E-state index contributed by atoms with van der Waals surface area (Å²) in [6, 6.07) is 12.2. The maximum Gasteiger partial charge on any atom is 0.198 e. The molecule has 3 rings (SSSR count). The largest absolute Gasteiger partial charge is 0.508 e. The van der Waals surface area contributed by atoms with E-state index >= 15 is 0 Å². The minimum Gasteiger partial charge on any atom is -0.508 e. The van der Waals surface area contributed by atoms with Gasteiger partial charge in [0.25, 0.3) is 0 Å². The van der Waals surface area contributed by atoms with E-state index in [2.05, 4.69) is 22.9 Å². The third kappa shape index (κ3) is 3.04. The highest BCUT2D eigenvalue weighted by Crippen LogP contribution is 2.33. The van der Waals surface area contributed by atoms with Gasteiger partial charge in [0, 0.05) is 21.8 Å². The average Bonchev–Trinajstić information content (AvgIpc) is 2.90. The Kier molecular flexibility index (Phi) is 4.53. The number of hydrogen-bond acceptors (Lipinski definition) is 3. The summed E-state index contributed by atoms with van der Waals surface area (Å²) in [5, 5.41) is 10.4. The number of rotatable bonds is 5. The van der Waals surface area contributed by atoms with Crippen LogP contribution in [-0.4, -0.2) is 10.9 Å². The first-order valence-corrected chi connectivity index (χ1v) is 8.44. The molecule has 0 atom stereocenters. The second-order valence-corrected chi connectivity index (χ2v) is 6.35. The van der Waals surface area contributed by atoms with Gasteiger partial charge in [-0.25, -0.2) is 0 Å². The molecule has 1 heterocycles. The van der Waals surface area contributed by atoms with Gasteiger partial charge in [-0.15, -0.1) is 0 Å². The molecule has 3 nitrogen and oxygen atoms in total. The van der Waals surface area contributed by atoms with Gasteiger partial charge in [0.2, 0.25) is 0 Å². The number of unbranched alkanes of at least 4 members (excludes halogenated alkanes) is 1. The van der Waals surface area contributed by atoms with Crippen LogP contribution in [-0.2, 0) is 6.42 Å². The lowest BCUT2D eigenvalue weighted by Crippen LogP contribution is -2.04. The van der Waals surface area contributed by atoms with Crippen molar-refractivity contribution in [2.24, 2.45) is 0 Å². The van der Waals surface area contributed by atoms with E-state index in [0.717, 1.165) is 17.3 Å². The second kappa shape index (κ2) is 6.59. The highest BCUT2D eigenvalue weighted by molar-refractivity contribution is 9.10. The fourth-order valence-corrected chi connectivity index (χ4v) is 3.14. The number of benzene rings is 2. The third-order valence-corrected chi connectivity index (χ3v) is 4.54. The molecule has 0 radical (unpaired) electrons. The number of ketones is 1. The third-order valence-electron chi connectivity index (χ3n) is 3.85. The normalized spacial score (nSPS) is 11.0. The number of aromatic hydroxyl groups is 1. The summed E-state index contributed by atoms with van der Waals surface area (Å²) >= 11 is 3.44. The summed E-state index contributed by atoms with van der Waals surface area (Å²) in [5.74, 6) is 0.725. The summed E-state index contributed by atoms with van der Waals surface area (Å²) in [6.07, 6.45) is 2.67. The molecule has 1 aromatic heterocycles. The van der Waals surface area contributed by atoms with Crippen LogP contribution in [0.15, 0.2) is 51.4 Å². The average molecular weight is 373 g/mol. The molecule has 0 aliphatic rings. The number of aryl methyl sites for hydroxylation is 1. The highest BCUT2D eigenvalue weighted by atomic mass is 79.9. The van der Waals surface area contributed by atoms with E-state index in [4.69, 9.17) is 4.42 Å². The molecule has 0 fully saturated rings. The lowest BCUT2D eigenvalue weighted by atomic mass is 9.98. The van der Waals surface area contributed by atoms with Crippen molar-refractivity contribution in [2.45, 2.75) is 26.2 Å². The first-order valence-electron chi connectivity index (χ1n) is 7.65. The molecule has 118 valence electrons.